The monoisotopic (exact) mass is 373 g/mol. The van der Waals surface area contributed by atoms with Gasteiger partial charge >= 0.3 is 5.69 Å². The molecule has 136 valence electrons. The molecular formula is C17H19N5O3S. The van der Waals surface area contributed by atoms with Gasteiger partial charge in [0.25, 0.3) is 0 Å². The van der Waals surface area contributed by atoms with Crippen LogP contribution in [0.25, 0.3) is 11.5 Å². The Kier molecular flexibility index (Phi) is 4.89. The van der Waals surface area contributed by atoms with E-state index in [1.807, 2.05) is 37.3 Å². The molecule has 0 saturated carbocycles. The van der Waals surface area contributed by atoms with Crippen molar-refractivity contribution in [3.05, 3.63) is 46.7 Å². The van der Waals surface area contributed by atoms with Gasteiger partial charge in [-0.15, -0.1) is 15.3 Å². The lowest BCUT2D eigenvalue weighted by Crippen LogP contribution is -2.25. The molecule has 2 aromatic heterocycles. The fourth-order valence-electron chi connectivity index (χ4n) is 2.85. The summed E-state index contributed by atoms with van der Waals surface area (Å²) < 4.78 is 13.0. The summed E-state index contributed by atoms with van der Waals surface area (Å²) in [7, 11) is 0. The van der Waals surface area contributed by atoms with Crippen LogP contribution < -0.4 is 5.69 Å². The van der Waals surface area contributed by atoms with E-state index >= 15 is 0 Å². The Labute approximate surface area is 154 Å². The highest BCUT2D eigenvalue weighted by atomic mass is 32.2. The van der Waals surface area contributed by atoms with Gasteiger partial charge in [-0.1, -0.05) is 30.0 Å². The predicted molar refractivity (Wildman–Crippen MR) is 95.8 cm³/mol. The molecule has 0 aliphatic carbocycles. The molecule has 1 saturated heterocycles. The van der Waals surface area contributed by atoms with Crippen molar-refractivity contribution < 1.29 is 9.15 Å². The van der Waals surface area contributed by atoms with E-state index in [2.05, 4.69) is 20.4 Å². The standard InChI is InChI=1S/C17H19N5O3S/c1-11(14-18-19-15(25-14)12-6-3-2-4-7-12)26-17-21-20-16(23)22(17)10-13-8-5-9-24-13/h2-4,6-7,11,13H,5,8-10H2,1H3,(H,20,23). The maximum Gasteiger partial charge on any atom is 0.344 e. The lowest BCUT2D eigenvalue weighted by molar-refractivity contribution is 0.0941. The molecule has 0 bridgehead atoms. The molecule has 2 unspecified atom stereocenters. The third kappa shape index (κ3) is 3.58. The zero-order valence-electron chi connectivity index (χ0n) is 14.3. The molecule has 1 aliphatic rings. The van der Waals surface area contributed by atoms with Crippen LogP contribution in [0.1, 0.15) is 30.9 Å². The normalized spacial score (nSPS) is 18.3. The Morgan fingerprint density at radius 1 is 1.35 bits per heavy atom. The van der Waals surface area contributed by atoms with Crippen LogP contribution in [0.2, 0.25) is 0 Å². The zero-order valence-corrected chi connectivity index (χ0v) is 15.1. The molecule has 8 nitrogen and oxygen atoms in total. The van der Waals surface area contributed by atoms with Gasteiger partial charge in [-0.3, -0.25) is 4.57 Å². The minimum absolute atomic E-state index is 0.0630. The summed E-state index contributed by atoms with van der Waals surface area (Å²) in [5, 5.41) is 15.4. The molecule has 3 heterocycles. The first-order valence-electron chi connectivity index (χ1n) is 8.53. The van der Waals surface area contributed by atoms with Crippen LogP contribution in [0, 0.1) is 0 Å². The Morgan fingerprint density at radius 2 is 2.19 bits per heavy atom. The number of hydrogen-bond acceptors (Lipinski definition) is 7. The second-order valence-electron chi connectivity index (χ2n) is 6.13. The minimum atomic E-state index is -0.231. The molecule has 2 atom stereocenters. The summed E-state index contributed by atoms with van der Waals surface area (Å²) in [5.74, 6) is 0.972. The van der Waals surface area contributed by atoms with Crippen molar-refractivity contribution in [1.29, 1.82) is 0 Å². The Bertz CT molecular complexity index is 914. The molecule has 4 rings (SSSR count). The lowest BCUT2D eigenvalue weighted by Gasteiger charge is -2.12. The van der Waals surface area contributed by atoms with Crippen molar-refractivity contribution in [2.45, 2.75) is 42.8 Å². The maximum absolute atomic E-state index is 12.1. The third-order valence-electron chi connectivity index (χ3n) is 4.22. The Morgan fingerprint density at radius 3 is 2.96 bits per heavy atom. The zero-order chi connectivity index (χ0) is 17.9. The molecule has 0 spiro atoms. The van der Waals surface area contributed by atoms with Gasteiger partial charge in [0.1, 0.15) is 0 Å². The first kappa shape index (κ1) is 17.0. The predicted octanol–water partition coefficient (Wildman–Crippen LogP) is 2.65. The van der Waals surface area contributed by atoms with Crippen molar-refractivity contribution >= 4 is 11.8 Å². The fourth-order valence-corrected chi connectivity index (χ4v) is 3.75. The first-order chi connectivity index (χ1) is 12.7. The molecule has 1 aromatic carbocycles. The molecule has 9 heteroatoms. The van der Waals surface area contributed by atoms with E-state index in [-0.39, 0.29) is 17.0 Å². The molecule has 1 fully saturated rings. The van der Waals surface area contributed by atoms with Crippen molar-refractivity contribution in [3.8, 4) is 11.5 Å². The summed E-state index contributed by atoms with van der Waals surface area (Å²) in [5.41, 5.74) is 0.643. The van der Waals surface area contributed by atoms with Gasteiger partial charge in [-0.05, 0) is 31.9 Å². The molecule has 0 amide bonds. The highest BCUT2D eigenvalue weighted by Crippen LogP contribution is 2.33. The summed E-state index contributed by atoms with van der Waals surface area (Å²) in [6, 6.07) is 9.62. The number of nitrogens with one attached hydrogen (secondary N) is 1. The third-order valence-corrected chi connectivity index (χ3v) is 5.30. The van der Waals surface area contributed by atoms with Crippen LogP contribution >= 0.6 is 11.8 Å². The maximum atomic E-state index is 12.1. The first-order valence-corrected chi connectivity index (χ1v) is 9.41. The van der Waals surface area contributed by atoms with E-state index in [1.165, 1.54) is 11.8 Å². The average Bonchev–Trinajstić information content (AvgIpc) is 3.40. The molecule has 1 N–H and O–H groups in total. The number of thioether (sulfide) groups is 1. The van der Waals surface area contributed by atoms with E-state index in [1.54, 1.807) is 4.57 Å². The topological polar surface area (TPSA) is 98.8 Å². The quantitative estimate of drug-likeness (QED) is 0.663. The van der Waals surface area contributed by atoms with Gasteiger partial charge in [0, 0.05) is 12.2 Å². The lowest BCUT2D eigenvalue weighted by atomic mass is 10.2. The van der Waals surface area contributed by atoms with E-state index in [0.717, 1.165) is 25.0 Å². The summed E-state index contributed by atoms with van der Waals surface area (Å²) in [6.45, 7) is 3.20. The molecular weight excluding hydrogens is 354 g/mol. The highest BCUT2D eigenvalue weighted by molar-refractivity contribution is 7.99. The molecule has 26 heavy (non-hydrogen) atoms. The highest BCUT2D eigenvalue weighted by Gasteiger charge is 2.23. The summed E-state index contributed by atoms with van der Waals surface area (Å²) in [6.07, 6.45) is 2.05. The van der Waals surface area contributed by atoms with Crippen LogP contribution in [0.4, 0.5) is 0 Å². The number of H-pyrrole nitrogens is 1. The van der Waals surface area contributed by atoms with Crippen LogP contribution in [0.15, 0.2) is 44.7 Å². The van der Waals surface area contributed by atoms with Gasteiger partial charge in [0.2, 0.25) is 11.8 Å². The number of aromatic amines is 1. The van der Waals surface area contributed by atoms with Crippen molar-refractivity contribution in [2.24, 2.45) is 0 Å². The van der Waals surface area contributed by atoms with E-state index < -0.39 is 0 Å². The van der Waals surface area contributed by atoms with Crippen LogP contribution in [0.3, 0.4) is 0 Å². The summed E-state index contributed by atoms with van der Waals surface area (Å²) >= 11 is 1.40. The SMILES string of the molecule is CC(Sc1n[nH]c(=O)n1CC1CCCO1)c1nnc(-c2ccccc2)o1. The Balaban J connectivity index is 1.49. The number of aromatic nitrogens is 5. The van der Waals surface area contributed by atoms with Crippen molar-refractivity contribution in [1.82, 2.24) is 25.0 Å². The van der Waals surface area contributed by atoms with Gasteiger partial charge in [-0.25, -0.2) is 9.89 Å². The number of hydrogen-bond donors (Lipinski definition) is 1. The average molecular weight is 373 g/mol. The number of nitrogens with zero attached hydrogens (tertiary/aromatic N) is 4. The minimum Gasteiger partial charge on any atom is -0.419 e. The molecule has 1 aliphatic heterocycles. The second kappa shape index (κ2) is 7.46. The van der Waals surface area contributed by atoms with E-state index in [4.69, 9.17) is 9.15 Å². The Hall–Kier alpha value is -2.39. The van der Waals surface area contributed by atoms with Crippen LogP contribution in [-0.4, -0.2) is 37.7 Å². The fraction of sp³-hybridized carbons (Fsp3) is 0.412. The molecule has 0 radical (unpaired) electrons. The number of benzene rings is 1. The van der Waals surface area contributed by atoms with Crippen molar-refractivity contribution in [2.75, 3.05) is 6.61 Å². The van der Waals surface area contributed by atoms with Crippen LogP contribution in [0.5, 0.6) is 0 Å². The summed E-state index contributed by atoms with van der Waals surface area (Å²) in [4.78, 5) is 12.1. The van der Waals surface area contributed by atoms with Gasteiger partial charge in [0.15, 0.2) is 5.16 Å². The van der Waals surface area contributed by atoms with Crippen molar-refractivity contribution in [3.63, 3.8) is 0 Å². The number of rotatable bonds is 6. The smallest absolute Gasteiger partial charge is 0.344 e. The van der Waals surface area contributed by atoms with E-state index in [9.17, 15) is 4.79 Å². The van der Waals surface area contributed by atoms with Gasteiger partial charge in [0.05, 0.1) is 17.9 Å². The second-order valence-corrected chi connectivity index (χ2v) is 7.44. The number of ether oxygens (including phenoxy) is 1. The van der Waals surface area contributed by atoms with Gasteiger partial charge < -0.3 is 9.15 Å². The van der Waals surface area contributed by atoms with Gasteiger partial charge in [-0.2, -0.15) is 0 Å². The molecule has 3 aromatic rings. The largest absolute Gasteiger partial charge is 0.419 e. The van der Waals surface area contributed by atoms with Crippen LogP contribution in [-0.2, 0) is 11.3 Å². The van der Waals surface area contributed by atoms with E-state index in [0.29, 0.717) is 23.5 Å².